The predicted molar refractivity (Wildman–Crippen MR) is 77.0 cm³/mol. The summed E-state index contributed by atoms with van der Waals surface area (Å²) in [6.45, 7) is 0.786. The van der Waals surface area contributed by atoms with Crippen molar-refractivity contribution in [2.75, 3.05) is 6.54 Å². The van der Waals surface area contributed by atoms with Crippen LogP contribution in [0, 0.1) is 0 Å². The van der Waals surface area contributed by atoms with Gasteiger partial charge < -0.3 is 20.8 Å². The third-order valence-electron chi connectivity index (χ3n) is 3.62. The van der Waals surface area contributed by atoms with Crippen LogP contribution in [0.25, 0.3) is 0 Å². The average Bonchev–Trinajstić information content (AvgIpc) is 2.49. The molecule has 2 rings (SSSR count). The highest BCUT2D eigenvalue weighted by Crippen LogP contribution is 2.12. The normalized spacial score (nSPS) is 19.7. The molecule has 0 radical (unpaired) electrons. The van der Waals surface area contributed by atoms with E-state index in [-0.39, 0.29) is 24.1 Å². The van der Waals surface area contributed by atoms with Crippen LogP contribution in [0.3, 0.4) is 0 Å². The number of carbonyl (C=O) groups is 2. The van der Waals surface area contributed by atoms with Crippen LogP contribution in [0.15, 0.2) is 24.3 Å². The van der Waals surface area contributed by atoms with E-state index in [1.54, 1.807) is 12.1 Å². The van der Waals surface area contributed by atoms with Crippen molar-refractivity contribution < 1.29 is 19.8 Å². The molecule has 1 heterocycles. The number of aliphatic carboxylic acids is 1. The molecule has 6 nitrogen and oxygen atoms in total. The smallest absolute Gasteiger partial charge is 0.326 e. The number of rotatable bonds is 5. The van der Waals surface area contributed by atoms with Gasteiger partial charge in [0.1, 0.15) is 11.8 Å². The van der Waals surface area contributed by atoms with Crippen molar-refractivity contribution >= 4 is 11.9 Å². The van der Waals surface area contributed by atoms with Crippen molar-refractivity contribution in [3.05, 3.63) is 29.8 Å². The molecular formula is C15H20N2O4. The van der Waals surface area contributed by atoms with E-state index in [4.69, 9.17) is 0 Å². The van der Waals surface area contributed by atoms with Crippen molar-refractivity contribution in [2.24, 2.45) is 0 Å². The Bertz CT molecular complexity index is 495. The number of amides is 1. The van der Waals surface area contributed by atoms with Gasteiger partial charge in [-0.25, -0.2) is 4.79 Å². The number of hydrogen-bond donors (Lipinski definition) is 4. The predicted octanol–water partition coefficient (Wildman–Crippen LogP) is 0.646. The summed E-state index contributed by atoms with van der Waals surface area (Å²) < 4.78 is 0. The summed E-state index contributed by atoms with van der Waals surface area (Å²) in [6.07, 6.45) is 2.94. The SMILES string of the molecule is O=C(N[C@H](Cc1ccc(O)cc1)C(=O)O)[C@@H]1CCCCN1. The lowest BCUT2D eigenvalue weighted by Gasteiger charge is -2.24. The highest BCUT2D eigenvalue weighted by molar-refractivity contribution is 5.87. The van der Waals surface area contributed by atoms with Crippen LogP contribution in [-0.2, 0) is 16.0 Å². The van der Waals surface area contributed by atoms with Crippen molar-refractivity contribution in [1.82, 2.24) is 10.6 Å². The summed E-state index contributed by atoms with van der Waals surface area (Å²) in [7, 11) is 0. The Labute approximate surface area is 123 Å². The lowest BCUT2D eigenvalue weighted by Crippen LogP contribution is -2.52. The number of carbonyl (C=O) groups excluding carboxylic acids is 1. The van der Waals surface area contributed by atoms with Gasteiger partial charge in [-0.15, -0.1) is 0 Å². The van der Waals surface area contributed by atoms with E-state index in [0.717, 1.165) is 31.4 Å². The maximum absolute atomic E-state index is 12.1. The van der Waals surface area contributed by atoms with E-state index in [1.807, 2.05) is 0 Å². The molecule has 114 valence electrons. The average molecular weight is 292 g/mol. The van der Waals surface area contributed by atoms with Crippen LogP contribution < -0.4 is 10.6 Å². The molecule has 1 saturated heterocycles. The zero-order valence-electron chi connectivity index (χ0n) is 11.7. The molecule has 6 heteroatoms. The fraction of sp³-hybridized carbons (Fsp3) is 0.467. The summed E-state index contributed by atoms with van der Waals surface area (Å²) >= 11 is 0. The van der Waals surface area contributed by atoms with Gasteiger partial charge in [-0.3, -0.25) is 4.79 Å². The number of carboxylic acids is 1. The Morgan fingerprint density at radius 2 is 2.00 bits per heavy atom. The van der Waals surface area contributed by atoms with Gasteiger partial charge in [0.2, 0.25) is 5.91 Å². The number of aromatic hydroxyl groups is 1. The second-order valence-corrected chi connectivity index (χ2v) is 5.27. The molecule has 1 aromatic rings. The van der Waals surface area contributed by atoms with Gasteiger partial charge in [-0.05, 0) is 37.1 Å². The van der Waals surface area contributed by atoms with Crippen LogP contribution in [0.5, 0.6) is 5.75 Å². The zero-order valence-corrected chi connectivity index (χ0v) is 11.7. The number of benzene rings is 1. The van der Waals surface area contributed by atoms with Gasteiger partial charge in [0.15, 0.2) is 0 Å². The van der Waals surface area contributed by atoms with Crippen molar-refractivity contribution in [3.8, 4) is 5.75 Å². The minimum absolute atomic E-state index is 0.126. The Kier molecular flexibility index (Phi) is 5.16. The molecule has 21 heavy (non-hydrogen) atoms. The second-order valence-electron chi connectivity index (χ2n) is 5.27. The zero-order chi connectivity index (χ0) is 15.2. The summed E-state index contributed by atoms with van der Waals surface area (Å²) in [5.74, 6) is -1.20. The Hall–Kier alpha value is -2.08. The molecule has 2 atom stereocenters. The Balaban J connectivity index is 1.96. The topological polar surface area (TPSA) is 98.7 Å². The van der Waals surface area contributed by atoms with Crippen LogP contribution in [-0.4, -0.2) is 40.7 Å². The second kappa shape index (κ2) is 7.08. The van der Waals surface area contributed by atoms with Gasteiger partial charge in [-0.2, -0.15) is 0 Å². The third-order valence-corrected chi connectivity index (χ3v) is 3.62. The molecule has 0 unspecified atom stereocenters. The first kappa shape index (κ1) is 15.3. The fourth-order valence-electron chi connectivity index (χ4n) is 2.42. The van der Waals surface area contributed by atoms with E-state index >= 15 is 0 Å². The first-order chi connectivity index (χ1) is 10.1. The number of piperidine rings is 1. The molecule has 0 bridgehead atoms. The number of phenolic OH excluding ortho intramolecular Hbond substituents is 1. The first-order valence-electron chi connectivity index (χ1n) is 7.11. The van der Waals surface area contributed by atoms with Crippen LogP contribution in [0.1, 0.15) is 24.8 Å². The summed E-state index contributed by atoms with van der Waals surface area (Å²) in [4.78, 5) is 23.4. The molecule has 0 aromatic heterocycles. The molecule has 0 spiro atoms. The third kappa shape index (κ3) is 4.46. The van der Waals surface area contributed by atoms with Crippen LogP contribution >= 0.6 is 0 Å². The van der Waals surface area contributed by atoms with Gasteiger partial charge in [0.05, 0.1) is 6.04 Å². The summed E-state index contributed by atoms with van der Waals surface area (Å²) in [5, 5.41) is 24.2. The van der Waals surface area contributed by atoms with E-state index in [2.05, 4.69) is 10.6 Å². The van der Waals surface area contributed by atoms with Crippen LogP contribution in [0.4, 0.5) is 0 Å². The van der Waals surface area contributed by atoms with E-state index in [9.17, 15) is 19.8 Å². The first-order valence-corrected chi connectivity index (χ1v) is 7.11. The molecule has 4 N–H and O–H groups in total. The van der Waals surface area contributed by atoms with Crippen molar-refractivity contribution in [2.45, 2.75) is 37.8 Å². The minimum atomic E-state index is -1.06. The molecule has 0 saturated carbocycles. The minimum Gasteiger partial charge on any atom is -0.508 e. The maximum Gasteiger partial charge on any atom is 0.326 e. The molecule has 1 fully saturated rings. The summed E-state index contributed by atoms with van der Waals surface area (Å²) in [6, 6.07) is 5.02. The Morgan fingerprint density at radius 1 is 1.29 bits per heavy atom. The van der Waals surface area contributed by atoms with Crippen molar-refractivity contribution in [1.29, 1.82) is 0 Å². The molecular weight excluding hydrogens is 272 g/mol. The molecule has 1 amide bonds. The highest BCUT2D eigenvalue weighted by atomic mass is 16.4. The quantitative estimate of drug-likeness (QED) is 0.638. The lowest BCUT2D eigenvalue weighted by atomic mass is 10.0. The van der Waals surface area contributed by atoms with Gasteiger partial charge in [-0.1, -0.05) is 18.6 Å². The van der Waals surface area contributed by atoms with E-state index in [1.165, 1.54) is 12.1 Å². The van der Waals surface area contributed by atoms with E-state index in [0.29, 0.717) is 0 Å². The number of phenols is 1. The molecule has 0 aliphatic carbocycles. The maximum atomic E-state index is 12.1. The molecule has 1 aliphatic rings. The van der Waals surface area contributed by atoms with Crippen LogP contribution in [0.2, 0.25) is 0 Å². The standard InChI is InChI=1S/C15H20N2O4/c18-11-6-4-10(5-7-11)9-13(15(20)21)17-14(19)12-3-1-2-8-16-12/h4-7,12-13,16,18H,1-3,8-9H2,(H,17,19)(H,20,21)/t12-,13+/m0/s1. The molecule has 1 aromatic carbocycles. The van der Waals surface area contributed by atoms with Gasteiger partial charge in [0.25, 0.3) is 0 Å². The molecule has 1 aliphatic heterocycles. The largest absolute Gasteiger partial charge is 0.508 e. The van der Waals surface area contributed by atoms with Gasteiger partial charge in [0, 0.05) is 6.42 Å². The Morgan fingerprint density at radius 3 is 2.57 bits per heavy atom. The van der Waals surface area contributed by atoms with E-state index < -0.39 is 12.0 Å². The van der Waals surface area contributed by atoms with Gasteiger partial charge >= 0.3 is 5.97 Å². The number of hydrogen-bond acceptors (Lipinski definition) is 4. The number of nitrogens with one attached hydrogen (secondary N) is 2. The monoisotopic (exact) mass is 292 g/mol. The summed E-state index contributed by atoms with van der Waals surface area (Å²) in [5.41, 5.74) is 0.747. The van der Waals surface area contributed by atoms with Crippen molar-refractivity contribution in [3.63, 3.8) is 0 Å². The highest BCUT2D eigenvalue weighted by Gasteiger charge is 2.26. The fourth-order valence-corrected chi connectivity index (χ4v) is 2.42. The lowest BCUT2D eigenvalue weighted by molar-refractivity contribution is -0.142. The number of carboxylic acid groups (broad SMARTS) is 1.